The molecule has 8 heteroatoms. The number of nitro groups is 1. The van der Waals surface area contributed by atoms with Crippen molar-refractivity contribution in [2.75, 3.05) is 6.54 Å². The second kappa shape index (κ2) is 7.63. The Morgan fingerprint density at radius 2 is 1.65 bits per heavy atom. The average molecular weight is 361 g/mol. The van der Waals surface area contributed by atoms with Crippen molar-refractivity contribution in [1.29, 1.82) is 0 Å². The van der Waals surface area contributed by atoms with Gasteiger partial charge in [-0.1, -0.05) is 13.8 Å². The first-order valence-corrected chi connectivity index (χ1v) is 8.68. The summed E-state index contributed by atoms with van der Waals surface area (Å²) in [5, 5.41) is 10.9. The molecule has 0 aromatic heterocycles. The van der Waals surface area contributed by atoms with Crippen LogP contribution in [0.5, 0.6) is 0 Å². The maximum absolute atomic E-state index is 12.8. The molecule has 1 aromatic carbocycles. The maximum Gasteiger partial charge on any atom is 0.270 e. The SMILES string of the molecule is CC[C@@H](C)N(C(=O)CN1C(=O)c2ccc([N+](=O)[O-])cc2C1=O)[C@@H](C)CC. The van der Waals surface area contributed by atoms with Crippen molar-refractivity contribution in [1.82, 2.24) is 9.80 Å². The van der Waals surface area contributed by atoms with Crippen molar-refractivity contribution in [2.24, 2.45) is 0 Å². The van der Waals surface area contributed by atoms with E-state index in [0.717, 1.165) is 23.8 Å². The summed E-state index contributed by atoms with van der Waals surface area (Å²) in [5.74, 6) is -1.57. The number of hydrogen-bond donors (Lipinski definition) is 0. The summed E-state index contributed by atoms with van der Waals surface area (Å²) in [5.41, 5.74) is -0.207. The number of hydrogen-bond acceptors (Lipinski definition) is 5. The van der Waals surface area contributed by atoms with Gasteiger partial charge in [-0.2, -0.15) is 0 Å². The van der Waals surface area contributed by atoms with Gasteiger partial charge in [-0.15, -0.1) is 0 Å². The van der Waals surface area contributed by atoms with Crippen molar-refractivity contribution in [2.45, 2.75) is 52.6 Å². The third kappa shape index (κ3) is 3.44. The van der Waals surface area contributed by atoms with Crippen LogP contribution in [0.3, 0.4) is 0 Å². The van der Waals surface area contributed by atoms with Gasteiger partial charge in [0.25, 0.3) is 17.5 Å². The summed E-state index contributed by atoms with van der Waals surface area (Å²) >= 11 is 0. The zero-order valence-corrected chi connectivity index (χ0v) is 15.4. The summed E-state index contributed by atoms with van der Waals surface area (Å²) in [4.78, 5) is 50.6. The van der Waals surface area contributed by atoms with Crippen LogP contribution in [0.15, 0.2) is 18.2 Å². The molecule has 3 amide bonds. The molecule has 0 saturated heterocycles. The fraction of sp³-hybridized carbons (Fsp3) is 0.500. The zero-order valence-electron chi connectivity index (χ0n) is 15.4. The minimum Gasteiger partial charge on any atom is -0.336 e. The monoisotopic (exact) mass is 361 g/mol. The van der Waals surface area contributed by atoms with Gasteiger partial charge in [0.2, 0.25) is 5.91 Å². The molecule has 0 spiro atoms. The molecule has 2 atom stereocenters. The van der Waals surface area contributed by atoms with Gasteiger partial charge in [-0.25, -0.2) is 0 Å². The summed E-state index contributed by atoms with van der Waals surface area (Å²) in [6.07, 6.45) is 1.51. The Bertz CT molecular complexity index is 751. The lowest BCUT2D eigenvalue weighted by Gasteiger charge is -2.34. The third-order valence-electron chi connectivity index (χ3n) is 4.88. The van der Waals surface area contributed by atoms with E-state index in [-0.39, 0.29) is 41.3 Å². The number of non-ortho nitro benzene ring substituents is 1. The molecule has 0 aliphatic carbocycles. The van der Waals surface area contributed by atoms with Crippen molar-refractivity contribution in [3.8, 4) is 0 Å². The number of imide groups is 1. The number of nitro benzene ring substituents is 1. The van der Waals surface area contributed by atoms with Crippen LogP contribution < -0.4 is 0 Å². The molecule has 1 aliphatic rings. The first-order valence-electron chi connectivity index (χ1n) is 8.68. The summed E-state index contributed by atoms with van der Waals surface area (Å²) < 4.78 is 0. The van der Waals surface area contributed by atoms with Crippen molar-refractivity contribution < 1.29 is 19.3 Å². The molecule has 0 radical (unpaired) electrons. The van der Waals surface area contributed by atoms with Crippen LogP contribution in [0.1, 0.15) is 61.3 Å². The molecule has 1 aromatic rings. The number of nitrogens with zero attached hydrogens (tertiary/aromatic N) is 3. The van der Waals surface area contributed by atoms with Gasteiger partial charge >= 0.3 is 0 Å². The van der Waals surface area contributed by atoms with E-state index in [2.05, 4.69) is 0 Å². The van der Waals surface area contributed by atoms with Gasteiger partial charge in [0, 0.05) is 24.2 Å². The Morgan fingerprint density at radius 3 is 2.15 bits per heavy atom. The van der Waals surface area contributed by atoms with Gasteiger partial charge in [-0.05, 0) is 32.8 Å². The quantitative estimate of drug-likeness (QED) is 0.422. The Balaban J connectivity index is 2.27. The molecule has 2 rings (SSSR count). The van der Waals surface area contributed by atoms with Gasteiger partial charge in [0.15, 0.2) is 0 Å². The highest BCUT2D eigenvalue weighted by atomic mass is 16.6. The average Bonchev–Trinajstić information content (AvgIpc) is 2.85. The zero-order chi connectivity index (χ0) is 19.6. The Hall–Kier alpha value is -2.77. The van der Waals surface area contributed by atoms with Gasteiger partial charge in [0.1, 0.15) is 6.54 Å². The predicted molar refractivity (Wildman–Crippen MR) is 94.8 cm³/mol. The molecule has 0 fully saturated rings. The number of rotatable bonds is 7. The first kappa shape index (κ1) is 19.6. The molecule has 140 valence electrons. The molecule has 26 heavy (non-hydrogen) atoms. The first-order chi connectivity index (χ1) is 12.2. The van der Waals surface area contributed by atoms with Crippen molar-refractivity contribution in [3.05, 3.63) is 39.4 Å². The number of carbonyl (C=O) groups excluding carboxylic acids is 3. The van der Waals surface area contributed by atoms with Crippen LogP contribution in [-0.4, -0.2) is 51.1 Å². The largest absolute Gasteiger partial charge is 0.336 e. The van der Waals surface area contributed by atoms with E-state index in [1.165, 1.54) is 12.1 Å². The third-order valence-corrected chi connectivity index (χ3v) is 4.88. The lowest BCUT2D eigenvalue weighted by molar-refractivity contribution is -0.384. The highest BCUT2D eigenvalue weighted by Crippen LogP contribution is 2.27. The summed E-state index contributed by atoms with van der Waals surface area (Å²) in [6, 6.07) is 3.49. The van der Waals surface area contributed by atoms with E-state index in [9.17, 15) is 24.5 Å². The Morgan fingerprint density at radius 1 is 1.12 bits per heavy atom. The van der Waals surface area contributed by atoms with E-state index in [1.54, 1.807) is 4.90 Å². The fourth-order valence-corrected chi connectivity index (χ4v) is 3.07. The molecular weight excluding hydrogens is 338 g/mol. The predicted octanol–water partition coefficient (Wildman–Crippen LogP) is 2.62. The topological polar surface area (TPSA) is 101 Å². The second-order valence-corrected chi connectivity index (χ2v) is 6.50. The van der Waals surface area contributed by atoms with Crippen LogP contribution in [0.25, 0.3) is 0 Å². The van der Waals surface area contributed by atoms with Gasteiger partial charge in [0.05, 0.1) is 16.1 Å². The second-order valence-electron chi connectivity index (χ2n) is 6.50. The van der Waals surface area contributed by atoms with E-state index < -0.39 is 16.7 Å². The molecule has 0 saturated carbocycles. The maximum atomic E-state index is 12.8. The van der Waals surface area contributed by atoms with Crippen LogP contribution in [0, 0.1) is 10.1 Å². The Labute approximate surface area is 151 Å². The highest BCUT2D eigenvalue weighted by molar-refractivity contribution is 6.22. The lowest BCUT2D eigenvalue weighted by Crippen LogP contribution is -2.49. The minimum absolute atomic E-state index is 0.0197. The smallest absolute Gasteiger partial charge is 0.270 e. The van der Waals surface area contributed by atoms with Crippen molar-refractivity contribution >= 4 is 23.4 Å². The van der Waals surface area contributed by atoms with Gasteiger partial charge in [-0.3, -0.25) is 29.4 Å². The molecule has 0 N–H and O–H groups in total. The van der Waals surface area contributed by atoms with E-state index in [1.807, 2.05) is 27.7 Å². The van der Waals surface area contributed by atoms with Crippen LogP contribution in [0.2, 0.25) is 0 Å². The fourth-order valence-electron chi connectivity index (χ4n) is 3.07. The standard InChI is InChI=1S/C18H23N3O5/c1-5-11(3)20(12(4)6-2)16(22)10-19-17(23)14-8-7-13(21(25)26)9-15(14)18(19)24/h7-9,11-12H,5-6,10H2,1-4H3/t11-,12+. The number of carbonyl (C=O) groups is 3. The Kier molecular flexibility index (Phi) is 5.74. The highest BCUT2D eigenvalue weighted by Gasteiger charge is 2.39. The summed E-state index contributed by atoms with van der Waals surface area (Å²) in [7, 11) is 0. The van der Waals surface area contributed by atoms with Crippen LogP contribution in [0.4, 0.5) is 5.69 Å². The number of benzene rings is 1. The normalized spacial score (nSPS) is 15.6. The molecule has 1 aliphatic heterocycles. The van der Waals surface area contributed by atoms with Crippen LogP contribution >= 0.6 is 0 Å². The molecule has 8 nitrogen and oxygen atoms in total. The van der Waals surface area contributed by atoms with Crippen molar-refractivity contribution in [3.63, 3.8) is 0 Å². The molecular formula is C18H23N3O5. The molecule has 0 bridgehead atoms. The number of fused-ring (bicyclic) bond motifs is 1. The van der Waals surface area contributed by atoms with E-state index in [0.29, 0.717) is 0 Å². The van der Waals surface area contributed by atoms with E-state index >= 15 is 0 Å². The number of amides is 3. The van der Waals surface area contributed by atoms with Crippen LogP contribution in [-0.2, 0) is 4.79 Å². The van der Waals surface area contributed by atoms with E-state index in [4.69, 9.17) is 0 Å². The molecule has 1 heterocycles. The van der Waals surface area contributed by atoms with Gasteiger partial charge < -0.3 is 4.90 Å². The minimum atomic E-state index is -0.671. The summed E-state index contributed by atoms with van der Waals surface area (Å²) in [6.45, 7) is 7.42. The lowest BCUT2D eigenvalue weighted by atomic mass is 10.1. The molecule has 0 unspecified atom stereocenters.